The first kappa shape index (κ1) is 17.5. The fraction of sp³-hybridized carbons (Fsp3) is 0.0500. The third kappa shape index (κ3) is 4.18. The van der Waals surface area contributed by atoms with E-state index in [9.17, 15) is 4.79 Å². The molecule has 0 atom stereocenters. The highest BCUT2D eigenvalue weighted by atomic mass is 35.5. The number of carbonyl (C=O) groups excluding carboxylic acids is 1. The summed E-state index contributed by atoms with van der Waals surface area (Å²) in [5.74, 6) is 0.316. The molecule has 0 aliphatic rings. The third-order valence-electron chi connectivity index (χ3n) is 3.74. The molecule has 0 radical (unpaired) electrons. The molecule has 1 aromatic heterocycles. The van der Waals surface area contributed by atoms with Crippen LogP contribution in [0.2, 0.25) is 5.02 Å². The molecule has 1 amide bonds. The number of benzene rings is 2. The Labute approximate surface area is 156 Å². The Balaban J connectivity index is 1.65. The second-order valence-corrected chi connectivity index (χ2v) is 5.90. The van der Waals surface area contributed by atoms with Crippen LogP contribution in [0.15, 0.2) is 66.9 Å². The smallest absolute Gasteiger partial charge is 0.257 e. The SMILES string of the molecule is N#Cc1ccccc1NC(=O)c1ccc(NCc2ccccc2Cl)nc1. The minimum atomic E-state index is -0.321. The molecule has 3 aromatic rings. The number of halogens is 1. The number of nitrogens with zero attached hydrogens (tertiary/aromatic N) is 2. The zero-order chi connectivity index (χ0) is 18.4. The highest BCUT2D eigenvalue weighted by Gasteiger charge is 2.09. The molecule has 0 fully saturated rings. The maximum atomic E-state index is 12.3. The summed E-state index contributed by atoms with van der Waals surface area (Å²) in [6, 6.07) is 19.8. The molecule has 2 aromatic carbocycles. The molecule has 5 nitrogen and oxygen atoms in total. The number of amides is 1. The van der Waals surface area contributed by atoms with Crippen LogP contribution < -0.4 is 10.6 Å². The molecule has 0 spiro atoms. The molecule has 0 unspecified atom stereocenters. The Morgan fingerprint density at radius 1 is 1.08 bits per heavy atom. The van der Waals surface area contributed by atoms with E-state index in [2.05, 4.69) is 15.6 Å². The van der Waals surface area contributed by atoms with Gasteiger partial charge in [-0.15, -0.1) is 0 Å². The highest BCUT2D eigenvalue weighted by Crippen LogP contribution is 2.17. The molecule has 0 aliphatic carbocycles. The zero-order valence-corrected chi connectivity index (χ0v) is 14.5. The van der Waals surface area contributed by atoms with Gasteiger partial charge in [-0.2, -0.15) is 5.26 Å². The number of para-hydroxylation sites is 1. The van der Waals surface area contributed by atoms with E-state index in [1.807, 2.05) is 30.3 Å². The number of carbonyl (C=O) groups is 1. The Bertz CT molecular complexity index is 964. The van der Waals surface area contributed by atoms with Crippen molar-refractivity contribution in [3.63, 3.8) is 0 Å². The molecule has 2 N–H and O–H groups in total. The summed E-state index contributed by atoms with van der Waals surface area (Å²) in [7, 11) is 0. The van der Waals surface area contributed by atoms with Crippen LogP contribution in [0.25, 0.3) is 0 Å². The van der Waals surface area contributed by atoms with Crippen molar-refractivity contribution in [3.05, 3.63) is 88.6 Å². The largest absolute Gasteiger partial charge is 0.366 e. The van der Waals surface area contributed by atoms with E-state index in [0.29, 0.717) is 34.2 Å². The van der Waals surface area contributed by atoms with Crippen molar-refractivity contribution >= 4 is 29.0 Å². The van der Waals surface area contributed by atoms with Crippen LogP contribution >= 0.6 is 11.6 Å². The maximum Gasteiger partial charge on any atom is 0.257 e. The number of pyridine rings is 1. The van der Waals surface area contributed by atoms with Gasteiger partial charge in [-0.05, 0) is 35.9 Å². The Morgan fingerprint density at radius 3 is 2.58 bits per heavy atom. The highest BCUT2D eigenvalue weighted by molar-refractivity contribution is 6.31. The molecule has 0 saturated carbocycles. The van der Waals surface area contributed by atoms with Gasteiger partial charge >= 0.3 is 0 Å². The predicted octanol–water partition coefficient (Wildman–Crippen LogP) is 4.47. The van der Waals surface area contributed by atoms with Gasteiger partial charge in [-0.25, -0.2) is 4.98 Å². The molecule has 3 rings (SSSR count). The molecule has 0 aliphatic heterocycles. The first-order valence-electron chi connectivity index (χ1n) is 7.91. The first-order chi connectivity index (χ1) is 12.7. The van der Waals surface area contributed by atoms with Crippen LogP contribution in [0.5, 0.6) is 0 Å². The number of nitriles is 1. The van der Waals surface area contributed by atoms with Crippen LogP contribution in [0, 0.1) is 11.3 Å². The van der Waals surface area contributed by atoms with Crippen LogP contribution in [-0.2, 0) is 6.54 Å². The monoisotopic (exact) mass is 362 g/mol. The number of hydrogen-bond acceptors (Lipinski definition) is 4. The summed E-state index contributed by atoms with van der Waals surface area (Å²) < 4.78 is 0. The van der Waals surface area contributed by atoms with Gasteiger partial charge in [0.05, 0.1) is 16.8 Å². The second kappa shape index (κ2) is 8.15. The average molecular weight is 363 g/mol. The van der Waals surface area contributed by atoms with Crippen molar-refractivity contribution in [2.24, 2.45) is 0 Å². The standard InChI is InChI=1S/C20H15ClN4O/c21-17-7-3-1-6-15(17)12-23-19-10-9-16(13-24-19)20(26)25-18-8-4-2-5-14(18)11-22/h1-10,13H,12H2,(H,23,24)(H,25,26). The van der Waals surface area contributed by atoms with Gasteiger partial charge in [0.15, 0.2) is 0 Å². The third-order valence-corrected chi connectivity index (χ3v) is 4.11. The van der Waals surface area contributed by atoms with Gasteiger partial charge < -0.3 is 10.6 Å². The van der Waals surface area contributed by atoms with E-state index in [-0.39, 0.29) is 5.91 Å². The van der Waals surface area contributed by atoms with Gasteiger partial charge in [-0.1, -0.05) is 41.9 Å². The van der Waals surface area contributed by atoms with Crippen molar-refractivity contribution in [2.75, 3.05) is 10.6 Å². The van der Waals surface area contributed by atoms with Crippen molar-refractivity contribution in [3.8, 4) is 6.07 Å². The Kier molecular flexibility index (Phi) is 5.47. The average Bonchev–Trinajstić information content (AvgIpc) is 2.68. The lowest BCUT2D eigenvalue weighted by Crippen LogP contribution is -2.13. The topological polar surface area (TPSA) is 77.8 Å². The Morgan fingerprint density at radius 2 is 1.85 bits per heavy atom. The first-order valence-corrected chi connectivity index (χ1v) is 8.29. The summed E-state index contributed by atoms with van der Waals surface area (Å²) in [5.41, 5.74) is 2.25. The lowest BCUT2D eigenvalue weighted by molar-refractivity contribution is 0.102. The van der Waals surface area contributed by atoms with E-state index >= 15 is 0 Å². The van der Waals surface area contributed by atoms with Crippen molar-refractivity contribution in [1.29, 1.82) is 5.26 Å². The molecular formula is C20H15ClN4O. The van der Waals surface area contributed by atoms with Gasteiger partial charge in [0.1, 0.15) is 11.9 Å². The summed E-state index contributed by atoms with van der Waals surface area (Å²) in [6.45, 7) is 0.535. The quantitative estimate of drug-likeness (QED) is 0.701. The molecule has 0 saturated heterocycles. The van der Waals surface area contributed by atoms with Crippen molar-refractivity contribution < 1.29 is 4.79 Å². The number of anilines is 2. The number of aromatic nitrogens is 1. The maximum absolute atomic E-state index is 12.3. The van der Waals surface area contributed by atoms with Crippen LogP contribution in [0.4, 0.5) is 11.5 Å². The second-order valence-electron chi connectivity index (χ2n) is 5.49. The summed E-state index contributed by atoms with van der Waals surface area (Å²) in [5, 5.41) is 15.7. The van der Waals surface area contributed by atoms with Gasteiger partial charge in [0.25, 0.3) is 5.91 Å². The van der Waals surface area contributed by atoms with Gasteiger partial charge in [0, 0.05) is 17.8 Å². The molecule has 0 bridgehead atoms. The molecular weight excluding hydrogens is 348 g/mol. The fourth-order valence-corrected chi connectivity index (χ4v) is 2.55. The predicted molar refractivity (Wildman–Crippen MR) is 102 cm³/mol. The van der Waals surface area contributed by atoms with Gasteiger partial charge in [-0.3, -0.25) is 4.79 Å². The lowest BCUT2D eigenvalue weighted by Gasteiger charge is -2.09. The van der Waals surface area contributed by atoms with Gasteiger partial charge in [0.2, 0.25) is 0 Å². The number of nitrogens with one attached hydrogen (secondary N) is 2. The van der Waals surface area contributed by atoms with Crippen LogP contribution in [0.3, 0.4) is 0 Å². The minimum Gasteiger partial charge on any atom is -0.366 e. The van der Waals surface area contributed by atoms with Crippen LogP contribution in [-0.4, -0.2) is 10.9 Å². The van der Waals surface area contributed by atoms with Crippen molar-refractivity contribution in [2.45, 2.75) is 6.54 Å². The molecule has 26 heavy (non-hydrogen) atoms. The number of rotatable bonds is 5. The normalized spacial score (nSPS) is 10.0. The minimum absolute atomic E-state index is 0.321. The number of hydrogen-bond donors (Lipinski definition) is 2. The Hall–Kier alpha value is -3.36. The van der Waals surface area contributed by atoms with E-state index in [0.717, 1.165) is 5.56 Å². The van der Waals surface area contributed by atoms with Crippen molar-refractivity contribution in [1.82, 2.24) is 4.98 Å². The van der Waals surface area contributed by atoms with E-state index in [1.165, 1.54) is 6.20 Å². The zero-order valence-electron chi connectivity index (χ0n) is 13.7. The van der Waals surface area contributed by atoms with Crippen LogP contribution in [0.1, 0.15) is 21.5 Å². The van der Waals surface area contributed by atoms with E-state index in [1.54, 1.807) is 36.4 Å². The van der Waals surface area contributed by atoms with E-state index in [4.69, 9.17) is 16.9 Å². The molecule has 128 valence electrons. The molecule has 6 heteroatoms. The fourth-order valence-electron chi connectivity index (χ4n) is 2.34. The summed E-state index contributed by atoms with van der Waals surface area (Å²) in [4.78, 5) is 16.6. The van der Waals surface area contributed by atoms with E-state index < -0.39 is 0 Å². The lowest BCUT2D eigenvalue weighted by atomic mass is 10.2. The molecule has 1 heterocycles. The summed E-state index contributed by atoms with van der Waals surface area (Å²) >= 11 is 6.12. The summed E-state index contributed by atoms with van der Waals surface area (Å²) in [6.07, 6.45) is 1.49.